The Morgan fingerprint density at radius 3 is 2.12 bits per heavy atom. The Balaban J connectivity index is 2.09. The molecule has 0 aliphatic rings. The maximum atomic E-state index is 12.3. The smallest absolute Gasteiger partial charge is 0.242 e. The van der Waals surface area contributed by atoms with E-state index in [2.05, 4.69) is 10.0 Å². The fraction of sp³-hybridized carbons (Fsp3) is 0.188. The molecule has 2 aromatic carbocycles. The lowest BCUT2D eigenvalue weighted by Gasteiger charge is -2.15. The predicted octanol–water partition coefficient (Wildman–Crippen LogP) is 3.61. The highest BCUT2D eigenvalue weighted by Crippen LogP contribution is 2.22. The SMILES string of the molecule is Cc1ccc(S(=O)(=O)NC(C)C(=O)Nc2cc(Cl)cc(Cl)c2)cc1. The lowest BCUT2D eigenvalue weighted by atomic mass is 10.2. The molecule has 0 saturated heterocycles. The zero-order chi connectivity index (χ0) is 17.9. The molecule has 1 atom stereocenters. The van der Waals surface area contributed by atoms with Gasteiger partial charge in [-0.25, -0.2) is 8.42 Å². The maximum Gasteiger partial charge on any atom is 0.242 e. The number of hydrogen-bond donors (Lipinski definition) is 2. The van der Waals surface area contributed by atoms with E-state index in [1.807, 2.05) is 6.92 Å². The van der Waals surface area contributed by atoms with E-state index in [-0.39, 0.29) is 4.90 Å². The molecule has 8 heteroatoms. The minimum atomic E-state index is -3.79. The van der Waals surface area contributed by atoms with E-state index in [4.69, 9.17) is 23.2 Å². The highest BCUT2D eigenvalue weighted by Gasteiger charge is 2.22. The van der Waals surface area contributed by atoms with Gasteiger partial charge in [0, 0.05) is 15.7 Å². The number of aryl methyl sites for hydroxylation is 1. The third kappa shape index (κ3) is 4.95. The summed E-state index contributed by atoms with van der Waals surface area (Å²) in [5, 5.41) is 3.30. The second kappa shape index (κ2) is 7.53. The van der Waals surface area contributed by atoms with E-state index < -0.39 is 22.0 Å². The molecule has 0 heterocycles. The van der Waals surface area contributed by atoms with Crippen LogP contribution in [0.3, 0.4) is 0 Å². The van der Waals surface area contributed by atoms with Gasteiger partial charge >= 0.3 is 0 Å². The van der Waals surface area contributed by atoms with Gasteiger partial charge < -0.3 is 5.32 Å². The van der Waals surface area contributed by atoms with Crippen molar-refractivity contribution >= 4 is 44.8 Å². The van der Waals surface area contributed by atoms with Crippen LogP contribution in [0, 0.1) is 6.92 Å². The van der Waals surface area contributed by atoms with Crippen LogP contribution in [-0.4, -0.2) is 20.4 Å². The Morgan fingerprint density at radius 1 is 1.04 bits per heavy atom. The first kappa shape index (κ1) is 18.7. The third-order valence-electron chi connectivity index (χ3n) is 3.19. The Labute approximate surface area is 151 Å². The number of rotatable bonds is 5. The van der Waals surface area contributed by atoms with Gasteiger partial charge in [0.1, 0.15) is 0 Å². The minimum Gasteiger partial charge on any atom is -0.325 e. The summed E-state index contributed by atoms with van der Waals surface area (Å²) in [6, 6.07) is 9.94. The van der Waals surface area contributed by atoms with Crippen molar-refractivity contribution in [2.45, 2.75) is 24.8 Å². The molecule has 24 heavy (non-hydrogen) atoms. The molecule has 1 amide bonds. The molecule has 0 fully saturated rings. The number of anilines is 1. The molecule has 0 aromatic heterocycles. The first-order chi connectivity index (χ1) is 11.2. The van der Waals surface area contributed by atoms with Gasteiger partial charge in [-0.3, -0.25) is 4.79 Å². The summed E-state index contributed by atoms with van der Waals surface area (Å²) in [5.74, 6) is -0.524. The van der Waals surface area contributed by atoms with E-state index >= 15 is 0 Å². The van der Waals surface area contributed by atoms with Crippen LogP contribution >= 0.6 is 23.2 Å². The monoisotopic (exact) mass is 386 g/mol. The van der Waals surface area contributed by atoms with Gasteiger partial charge in [-0.2, -0.15) is 4.72 Å². The summed E-state index contributed by atoms with van der Waals surface area (Å²) in [6.07, 6.45) is 0. The standard InChI is InChI=1S/C16H16Cl2N2O3S/c1-10-3-5-15(6-4-10)24(22,23)20-11(2)16(21)19-14-8-12(17)7-13(18)9-14/h3-9,11,20H,1-2H3,(H,19,21). The number of halogens is 2. The lowest BCUT2D eigenvalue weighted by molar-refractivity contribution is -0.117. The van der Waals surface area contributed by atoms with Crippen molar-refractivity contribution in [1.29, 1.82) is 0 Å². The largest absolute Gasteiger partial charge is 0.325 e. The molecule has 0 spiro atoms. The summed E-state index contributed by atoms with van der Waals surface area (Å²) in [4.78, 5) is 12.3. The Hall–Kier alpha value is -1.60. The van der Waals surface area contributed by atoms with E-state index in [1.165, 1.54) is 37.3 Å². The van der Waals surface area contributed by atoms with Gasteiger partial charge in [-0.05, 0) is 44.2 Å². The Kier molecular flexibility index (Phi) is 5.87. The van der Waals surface area contributed by atoms with Crippen LogP contribution in [0.1, 0.15) is 12.5 Å². The predicted molar refractivity (Wildman–Crippen MR) is 96.1 cm³/mol. The number of carbonyl (C=O) groups is 1. The average molecular weight is 387 g/mol. The van der Waals surface area contributed by atoms with Crippen LogP contribution in [0.5, 0.6) is 0 Å². The molecule has 0 aliphatic heterocycles. The number of hydrogen-bond acceptors (Lipinski definition) is 3. The van der Waals surface area contributed by atoms with Crippen molar-refractivity contribution in [3.05, 3.63) is 58.1 Å². The van der Waals surface area contributed by atoms with Crippen LogP contribution in [0.4, 0.5) is 5.69 Å². The van der Waals surface area contributed by atoms with Gasteiger partial charge in [0.15, 0.2) is 0 Å². The second-order valence-electron chi connectivity index (χ2n) is 5.30. The number of sulfonamides is 1. The minimum absolute atomic E-state index is 0.0959. The Bertz CT molecular complexity index is 832. The van der Waals surface area contributed by atoms with Gasteiger partial charge in [0.2, 0.25) is 15.9 Å². The van der Waals surface area contributed by atoms with E-state index in [0.29, 0.717) is 15.7 Å². The van der Waals surface area contributed by atoms with Crippen molar-refractivity contribution in [3.63, 3.8) is 0 Å². The zero-order valence-corrected chi connectivity index (χ0v) is 15.3. The van der Waals surface area contributed by atoms with Crippen LogP contribution < -0.4 is 10.0 Å². The van der Waals surface area contributed by atoms with Crippen molar-refractivity contribution in [2.75, 3.05) is 5.32 Å². The maximum absolute atomic E-state index is 12.3. The summed E-state index contributed by atoms with van der Waals surface area (Å²) in [5.41, 5.74) is 1.33. The quantitative estimate of drug-likeness (QED) is 0.823. The van der Waals surface area contributed by atoms with E-state index in [0.717, 1.165) is 5.56 Å². The fourth-order valence-corrected chi connectivity index (χ4v) is 3.68. The highest BCUT2D eigenvalue weighted by atomic mass is 35.5. The molecule has 5 nitrogen and oxygen atoms in total. The summed E-state index contributed by atoms with van der Waals surface area (Å²) in [7, 11) is -3.79. The molecule has 2 rings (SSSR count). The van der Waals surface area contributed by atoms with Gasteiger partial charge in [-0.15, -0.1) is 0 Å². The molecule has 1 unspecified atom stereocenters. The van der Waals surface area contributed by atoms with E-state index in [9.17, 15) is 13.2 Å². The molecule has 2 aromatic rings. The van der Waals surface area contributed by atoms with Gasteiger partial charge in [-0.1, -0.05) is 40.9 Å². The average Bonchev–Trinajstić information content (AvgIpc) is 2.46. The molecule has 0 aliphatic carbocycles. The van der Waals surface area contributed by atoms with Gasteiger partial charge in [0.05, 0.1) is 10.9 Å². The van der Waals surface area contributed by atoms with Crippen LogP contribution in [0.25, 0.3) is 0 Å². The molecule has 128 valence electrons. The number of benzene rings is 2. The van der Waals surface area contributed by atoms with Crippen molar-refractivity contribution in [1.82, 2.24) is 4.72 Å². The Morgan fingerprint density at radius 2 is 1.58 bits per heavy atom. The normalized spacial score (nSPS) is 12.7. The first-order valence-electron chi connectivity index (χ1n) is 7.03. The second-order valence-corrected chi connectivity index (χ2v) is 7.89. The van der Waals surface area contributed by atoms with Crippen molar-refractivity contribution < 1.29 is 13.2 Å². The third-order valence-corrected chi connectivity index (χ3v) is 5.18. The topological polar surface area (TPSA) is 75.3 Å². The van der Waals surface area contributed by atoms with Crippen molar-refractivity contribution in [2.24, 2.45) is 0 Å². The zero-order valence-electron chi connectivity index (χ0n) is 13.0. The molecule has 0 saturated carbocycles. The molecular formula is C16H16Cl2N2O3S. The summed E-state index contributed by atoms with van der Waals surface area (Å²) < 4.78 is 26.9. The molecule has 2 N–H and O–H groups in total. The molecular weight excluding hydrogens is 371 g/mol. The summed E-state index contributed by atoms with van der Waals surface area (Å²) >= 11 is 11.7. The van der Waals surface area contributed by atoms with Gasteiger partial charge in [0.25, 0.3) is 0 Å². The van der Waals surface area contributed by atoms with Crippen molar-refractivity contribution in [3.8, 4) is 0 Å². The fourth-order valence-electron chi connectivity index (χ4n) is 1.95. The number of nitrogens with one attached hydrogen (secondary N) is 2. The number of carbonyl (C=O) groups excluding carboxylic acids is 1. The number of amides is 1. The molecule has 0 radical (unpaired) electrons. The summed E-state index contributed by atoms with van der Waals surface area (Å²) in [6.45, 7) is 3.31. The highest BCUT2D eigenvalue weighted by molar-refractivity contribution is 7.89. The van der Waals surface area contributed by atoms with Crippen LogP contribution in [0.2, 0.25) is 10.0 Å². The molecule has 0 bridgehead atoms. The van der Waals surface area contributed by atoms with Crippen LogP contribution in [0.15, 0.2) is 47.4 Å². The first-order valence-corrected chi connectivity index (χ1v) is 9.27. The van der Waals surface area contributed by atoms with Crippen LogP contribution in [-0.2, 0) is 14.8 Å². The lowest BCUT2D eigenvalue weighted by Crippen LogP contribution is -2.41. The van der Waals surface area contributed by atoms with E-state index in [1.54, 1.807) is 12.1 Å².